The number of imidazole rings is 1. The topological polar surface area (TPSA) is 44.9 Å². The third kappa shape index (κ3) is 2.38. The molecule has 2 aromatic heterocycles. The molecule has 2 heterocycles. The fraction of sp³-hybridized carbons (Fsp3) is 0.333. The Hall–Kier alpha value is -2.01. The number of hydrogen-bond donors (Lipinski definition) is 0. The summed E-state index contributed by atoms with van der Waals surface area (Å²) in [7, 11) is 3.60. The SMILES string of the molecule is COc1ccc(Cn2c(CCl)nc3c(C)nn(C)c32)cc1. The van der Waals surface area contributed by atoms with E-state index >= 15 is 0 Å². The second kappa shape index (κ2) is 5.41. The molecule has 6 heteroatoms. The third-order valence-electron chi connectivity index (χ3n) is 3.59. The molecule has 5 nitrogen and oxygen atoms in total. The van der Waals surface area contributed by atoms with Crippen LogP contribution in [0.3, 0.4) is 0 Å². The highest BCUT2D eigenvalue weighted by Gasteiger charge is 2.16. The highest BCUT2D eigenvalue weighted by atomic mass is 35.5. The molecule has 3 rings (SSSR count). The van der Waals surface area contributed by atoms with Gasteiger partial charge >= 0.3 is 0 Å². The lowest BCUT2D eigenvalue weighted by Gasteiger charge is -2.09. The quantitative estimate of drug-likeness (QED) is 0.696. The van der Waals surface area contributed by atoms with Gasteiger partial charge in [0.05, 0.1) is 25.2 Å². The van der Waals surface area contributed by atoms with Crippen LogP contribution in [0.1, 0.15) is 17.1 Å². The highest BCUT2D eigenvalue weighted by Crippen LogP contribution is 2.22. The van der Waals surface area contributed by atoms with Crippen molar-refractivity contribution < 1.29 is 4.74 Å². The molecule has 0 atom stereocenters. The second-order valence-corrected chi connectivity index (χ2v) is 5.24. The van der Waals surface area contributed by atoms with Crippen LogP contribution in [0.5, 0.6) is 5.75 Å². The van der Waals surface area contributed by atoms with Crippen LogP contribution in [0.15, 0.2) is 24.3 Å². The molecule has 21 heavy (non-hydrogen) atoms. The first-order valence-electron chi connectivity index (χ1n) is 6.71. The lowest BCUT2D eigenvalue weighted by atomic mass is 10.2. The first-order chi connectivity index (χ1) is 10.1. The minimum Gasteiger partial charge on any atom is -0.497 e. The molecule has 0 aliphatic rings. The van der Waals surface area contributed by atoms with E-state index in [9.17, 15) is 0 Å². The highest BCUT2D eigenvalue weighted by molar-refractivity contribution is 6.16. The second-order valence-electron chi connectivity index (χ2n) is 4.98. The van der Waals surface area contributed by atoms with E-state index in [0.29, 0.717) is 12.4 Å². The van der Waals surface area contributed by atoms with Gasteiger partial charge in [0.25, 0.3) is 0 Å². The Morgan fingerprint density at radius 3 is 2.57 bits per heavy atom. The fourth-order valence-electron chi connectivity index (χ4n) is 2.56. The predicted octanol–water partition coefficient (Wildman–Crippen LogP) is 2.87. The summed E-state index contributed by atoms with van der Waals surface area (Å²) in [4.78, 5) is 4.60. The van der Waals surface area contributed by atoms with E-state index in [1.165, 1.54) is 5.56 Å². The van der Waals surface area contributed by atoms with Gasteiger partial charge in [-0.1, -0.05) is 12.1 Å². The lowest BCUT2D eigenvalue weighted by molar-refractivity contribution is 0.414. The van der Waals surface area contributed by atoms with E-state index in [0.717, 1.165) is 28.4 Å². The number of ether oxygens (including phenoxy) is 1. The fourth-order valence-corrected chi connectivity index (χ4v) is 2.77. The van der Waals surface area contributed by atoms with Crippen LogP contribution >= 0.6 is 11.6 Å². The van der Waals surface area contributed by atoms with Gasteiger partial charge in [-0.2, -0.15) is 5.10 Å². The Balaban J connectivity index is 2.05. The van der Waals surface area contributed by atoms with Crippen LogP contribution in [0.2, 0.25) is 0 Å². The van der Waals surface area contributed by atoms with Gasteiger partial charge < -0.3 is 9.30 Å². The number of rotatable bonds is 4. The molecule has 0 saturated carbocycles. The average molecular weight is 305 g/mol. The van der Waals surface area contributed by atoms with Gasteiger partial charge in [0.1, 0.15) is 17.1 Å². The summed E-state index contributed by atoms with van der Waals surface area (Å²) >= 11 is 6.05. The van der Waals surface area contributed by atoms with Gasteiger partial charge in [-0.25, -0.2) is 4.98 Å². The van der Waals surface area contributed by atoms with Gasteiger partial charge in [-0.3, -0.25) is 4.68 Å². The van der Waals surface area contributed by atoms with Crippen LogP contribution in [-0.2, 0) is 19.5 Å². The molecule has 0 aliphatic carbocycles. The smallest absolute Gasteiger partial charge is 0.159 e. The molecule has 1 aromatic carbocycles. The summed E-state index contributed by atoms with van der Waals surface area (Å²) in [5.74, 6) is 2.09. The van der Waals surface area contributed by atoms with Crippen molar-refractivity contribution in [3.63, 3.8) is 0 Å². The lowest BCUT2D eigenvalue weighted by Crippen LogP contribution is -2.07. The molecule has 0 saturated heterocycles. The summed E-state index contributed by atoms with van der Waals surface area (Å²) in [6.07, 6.45) is 0. The monoisotopic (exact) mass is 304 g/mol. The zero-order valence-corrected chi connectivity index (χ0v) is 13.1. The number of benzene rings is 1. The summed E-state index contributed by atoms with van der Waals surface area (Å²) in [5, 5.41) is 4.43. The maximum Gasteiger partial charge on any atom is 0.159 e. The van der Waals surface area contributed by atoms with Crippen LogP contribution in [0.4, 0.5) is 0 Å². The van der Waals surface area contributed by atoms with Crippen molar-refractivity contribution in [3.8, 4) is 5.75 Å². The van der Waals surface area contributed by atoms with E-state index in [4.69, 9.17) is 16.3 Å². The summed E-state index contributed by atoms with van der Waals surface area (Å²) < 4.78 is 9.16. The zero-order chi connectivity index (χ0) is 15.0. The normalized spacial score (nSPS) is 11.2. The maximum atomic E-state index is 6.05. The molecule has 0 bridgehead atoms. The predicted molar refractivity (Wildman–Crippen MR) is 82.9 cm³/mol. The van der Waals surface area contributed by atoms with Crippen molar-refractivity contribution in [2.24, 2.45) is 7.05 Å². The molecule has 3 aromatic rings. The Kier molecular flexibility index (Phi) is 3.59. The number of fused-ring (bicyclic) bond motifs is 1. The molecular formula is C15H17ClN4O. The zero-order valence-electron chi connectivity index (χ0n) is 12.3. The molecule has 0 unspecified atom stereocenters. The number of hydrogen-bond acceptors (Lipinski definition) is 3. The molecule has 0 radical (unpaired) electrons. The molecule has 0 amide bonds. The van der Waals surface area contributed by atoms with Crippen molar-refractivity contribution in [1.82, 2.24) is 19.3 Å². The molecule has 0 N–H and O–H groups in total. The minimum atomic E-state index is 0.379. The Labute approximate surface area is 128 Å². The van der Waals surface area contributed by atoms with Crippen LogP contribution < -0.4 is 4.74 Å². The Bertz CT molecular complexity index is 773. The standard InChI is InChI=1S/C15H17ClN4O/c1-10-14-15(19(2)18-10)20(13(8-16)17-14)9-11-4-6-12(21-3)7-5-11/h4-7H,8-9H2,1-3H3. The minimum absolute atomic E-state index is 0.379. The van der Waals surface area contributed by atoms with Gasteiger partial charge in [0, 0.05) is 7.05 Å². The van der Waals surface area contributed by atoms with Crippen LogP contribution in [-0.4, -0.2) is 26.4 Å². The third-order valence-corrected chi connectivity index (χ3v) is 3.83. The van der Waals surface area contributed by atoms with Crippen molar-refractivity contribution in [2.75, 3.05) is 7.11 Å². The van der Waals surface area contributed by atoms with Gasteiger partial charge in [-0.05, 0) is 24.6 Å². The van der Waals surface area contributed by atoms with Crippen molar-refractivity contribution in [3.05, 3.63) is 41.3 Å². The number of nitrogens with zero attached hydrogens (tertiary/aromatic N) is 4. The van der Waals surface area contributed by atoms with E-state index < -0.39 is 0 Å². The first-order valence-corrected chi connectivity index (χ1v) is 7.25. The number of aryl methyl sites for hydroxylation is 2. The largest absolute Gasteiger partial charge is 0.497 e. The number of halogens is 1. The maximum absolute atomic E-state index is 6.05. The number of aromatic nitrogens is 4. The van der Waals surface area contributed by atoms with E-state index in [1.54, 1.807) is 7.11 Å². The van der Waals surface area contributed by atoms with Crippen molar-refractivity contribution in [1.29, 1.82) is 0 Å². The number of alkyl halides is 1. The van der Waals surface area contributed by atoms with Gasteiger partial charge in [0.2, 0.25) is 0 Å². The Morgan fingerprint density at radius 1 is 1.24 bits per heavy atom. The van der Waals surface area contributed by atoms with Gasteiger partial charge in [-0.15, -0.1) is 11.6 Å². The summed E-state index contributed by atoms with van der Waals surface area (Å²) in [6, 6.07) is 8.01. The van der Waals surface area contributed by atoms with E-state index in [1.807, 2.05) is 42.9 Å². The van der Waals surface area contributed by atoms with Crippen molar-refractivity contribution >= 4 is 22.8 Å². The average Bonchev–Trinajstić information content (AvgIpc) is 2.99. The molecular weight excluding hydrogens is 288 g/mol. The molecule has 0 aliphatic heterocycles. The number of methoxy groups -OCH3 is 1. The van der Waals surface area contributed by atoms with Crippen LogP contribution in [0.25, 0.3) is 11.2 Å². The van der Waals surface area contributed by atoms with E-state index in [2.05, 4.69) is 14.6 Å². The summed E-state index contributed by atoms with van der Waals surface area (Å²) in [6.45, 7) is 2.67. The molecule has 0 spiro atoms. The van der Waals surface area contributed by atoms with Gasteiger partial charge in [0.15, 0.2) is 5.65 Å². The summed E-state index contributed by atoms with van der Waals surface area (Å²) in [5.41, 5.74) is 4.01. The van der Waals surface area contributed by atoms with E-state index in [-0.39, 0.29) is 0 Å². The first kappa shape index (κ1) is 13.9. The molecule has 0 fully saturated rings. The molecule has 110 valence electrons. The Morgan fingerprint density at radius 2 is 1.95 bits per heavy atom. The van der Waals surface area contributed by atoms with Crippen molar-refractivity contribution in [2.45, 2.75) is 19.3 Å². The van der Waals surface area contributed by atoms with Crippen LogP contribution in [0, 0.1) is 6.92 Å².